The molecule has 1 aliphatic heterocycles. The SMILES string of the molecule is Cc1cccc(C)c1NC(=O)[C@H](C)OC(=O)[C@H]1CCC(=O)N1. The van der Waals surface area contributed by atoms with Gasteiger partial charge in [-0.05, 0) is 38.3 Å². The van der Waals surface area contributed by atoms with E-state index in [2.05, 4.69) is 10.6 Å². The maximum Gasteiger partial charge on any atom is 0.329 e. The lowest BCUT2D eigenvalue weighted by Gasteiger charge is -2.18. The summed E-state index contributed by atoms with van der Waals surface area (Å²) in [7, 11) is 0. The van der Waals surface area contributed by atoms with Crippen LogP contribution in [0.5, 0.6) is 0 Å². The Morgan fingerprint density at radius 2 is 1.95 bits per heavy atom. The van der Waals surface area contributed by atoms with Crippen molar-refractivity contribution in [3.63, 3.8) is 0 Å². The molecular weight excluding hydrogens is 284 g/mol. The van der Waals surface area contributed by atoms with Crippen LogP contribution in [0.3, 0.4) is 0 Å². The third-order valence-electron chi connectivity index (χ3n) is 3.67. The van der Waals surface area contributed by atoms with Crippen molar-refractivity contribution in [3.05, 3.63) is 29.3 Å². The molecule has 2 amide bonds. The lowest BCUT2D eigenvalue weighted by molar-refractivity contribution is -0.155. The van der Waals surface area contributed by atoms with Gasteiger partial charge in [-0.15, -0.1) is 0 Å². The highest BCUT2D eigenvalue weighted by Gasteiger charge is 2.30. The standard InChI is InChI=1S/C16H20N2O4/c1-9-5-4-6-10(2)14(9)18-15(20)11(3)22-16(21)12-7-8-13(19)17-12/h4-6,11-12H,7-8H2,1-3H3,(H,17,19)(H,18,20)/t11-,12+/m0/s1. The number of nitrogens with one attached hydrogen (secondary N) is 2. The summed E-state index contributed by atoms with van der Waals surface area (Å²) in [6, 6.07) is 5.05. The van der Waals surface area contributed by atoms with Gasteiger partial charge in [-0.3, -0.25) is 9.59 Å². The van der Waals surface area contributed by atoms with Crippen LogP contribution in [0, 0.1) is 13.8 Å². The highest BCUT2D eigenvalue weighted by Crippen LogP contribution is 2.20. The number of benzene rings is 1. The van der Waals surface area contributed by atoms with E-state index >= 15 is 0 Å². The van der Waals surface area contributed by atoms with Crippen LogP contribution in [0.2, 0.25) is 0 Å². The largest absolute Gasteiger partial charge is 0.451 e. The summed E-state index contributed by atoms with van der Waals surface area (Å²) in [5.41, 5.74) is 2.61. The Bertz CT molecular complexity index is 592. The zero-order valence-electron chi connectivity index (χ0n) is 12.9. The molecule has 0 saturated carbocycles. The van der Waals surface area contributed by atoms with Gasteiger partial charge >= 0.3 is 5.97 Å². The fourth-order valence-electron chi connectivity index (χ4n) is 2.34. The average Bonchev–Trinajstić information content (AvgIpc) is 2.89. The molecule has 2 N–H and O–H groups in total. The molecule has 0 radical (unpaired) electrons. The summed E-state index contributed by atoms with van der Waals surface area (Å²) in [6.07, 6.45) is -0.213. The number of hydrogen-bond acceptors (Lipinski definition) is 4. The third kappa shape index (κ3) is 3.63. The summed E-state index contributed by atoms with van der Waals surface area (Å²) < 4.78 is 5.13. The number of hydrogen-bond donors (Lipinski definition) is 2. The number of anilines is 1. The van der Waals surface area contributed by atoms with Crippen LogP contribution >= 0.6 is 0 Å². The lowest BCUT2D eigenvalue weighted by Crippen LogP contribution is -2.39. The molecule has 0 spiro atoms. The first kappa shape index (κ1) is 16.0. The first-order valence-corrected chi connectivity index (χ1v) is 7.25. The molecule has 1 saturated heterocycles. The van der Waals surface area contributed by atoms with Crippen LogP contribution < -0.4 is 10.6 Å². The minimum Gasteiger partial charge on any atom is -0.451 e. The third-order valence-corrected chi connectivity index (χ3v) is 3.67. The molecule has 0 unspecified atom stereocenters. The molecule has 1 aliphatic rings. The summed E-state index contributed by atoms with van der Waals surface area (Å²) in [5.74, 6) is -1.14. The molecule has 22 heavy (non-hydrogen) atoms. The van der Waals surface area contributed by atoms with E-state index in [4.69, 9.17) is 4.74 Å². The number of amides is 2. The maximum atomic E-state index is 12.2. The van der Waals surface area contributed by atoms with Gasteiger partial charge in [-0.1, -0.05) is 18.2 Å². The Morgan fingerprint density at radius 1 is 1.32 bits per heavy atom. The minimum absolute atomic E-state index is 0.172. The highest BCUT2D eigenvalue weighted by molar-refractivity contribution is 5.97. The summed E-state index contributed by atoms with van der Waals surface area (Å²) >= 11 is 0. The lowest BCUT2D eigenvalue weighted by atomic mass is 10.1. The second-order valence-corrected chi connectivity index (χ2v) is 5.49. The number of ether oxygens (including phenoxy) is 1. The van der Waals surface area contributed by atoms with Crippen molar-refractivity contribution < 1.29 is 19.1 Å². The van der Waals surface area contributed by atoms with Crippen LogP contribution in [0.4, 0.5) is 5.69 Å². The molecule has 1 aromatic rings. The van der Waals surface area contributed by atoms with E-state index in [1.54, 1.807) is 0 Å². The molecular formula is C16H20N2O4. The van der Waals surface area contributed by atoms with E-state index in [-0.39, 0.29) is 5.91 Å². The van der Waals surface area contributed by atoms with Gasteiger partial charge in [0.25, 0.3) is 5.91 Å². The molecule has 0 aromatic heterocycles. The summed E-state index contributed by atoms with van der Waals surface area (Å²) in [4.78, 5) is 35.1. The van der Waals surface area contributed by atoms with Crippen LogP contribution in [-0.4, -0.2) is 29.9 Å². The van der Waals surface area contributed by atoms with E-state index in [9.17, 15) is 14.4 Å². The molecule has 6 heteroatoms. The first-order valence-electron chi connectivity index (χ1n) is 7.25. The van der Waals surface area contributed by atoms with Crippen molar-refractivity contribution in [2.24, 2.45) is 0 Å². The van der Waals surface area contributed by atoms with E-state index in [1.807, 2.05) is 32.0 Å². The van der Waals surface area contributed by atoms with Crippen molar-refractivity contribution in [1.29, 1.82) is 0 Å². The van der Waals surface area contributed by atoms with Crippen molar-refractivity contribution in [1.82, 2.24) is 5.32 Å². The predicted octanol–water partition coefficient (Wildman–Crippen LogP) is 1.45. The molecule has 1 aromatic carbocycles. The van der Waals surface area contributed by atoms with Crippen molar-refractivity contribution in [2.75, 3.05) is 5.32 Å². The number of rotatable bonds is 4. The zero-order valence-corrected chi connectivity index (χ0v) is 12.9. The van der Waals surface area contributed by atoms with Gasteiger partial charge < -0.3 is 15.4 Å². The van der Waals surface area contributed by atoms with Crippen LogP contribution in [0.15, 0.2) is 18.2 Å². The Hall–Kier alpha value is -2.37. The predicted molar refractivity (Wildman–Crippen MR) is 81.3 cm³/mol. The molecule has 0 bridgehead atoms. The van der Waals surface area contributed by atoms with Crippen LogP contribution in [0.25, 0.3) is 0 Å². The normalized spacial score (nSPS) is 18.5. The fraction of sp³-hybridized carbons (Fsp3) is 0.438. The van der Waals surface area contributed by atoms with Crippen LogP contribution in [-0.2, 0) is 19.1 Å². The average molecular weight is 304 g/mol. The molecule has 6 nitrogen and oxygen atoms in total. The van der Waals surface area contributed by atoms with Crippen molar-refractivity contribution >= 4 is 23.5 Å². The monoisotopic (exact) mass is 304 g/mol. The van der Waals surface area contributed by atoms with Gasteiger partial charge in [0.05, 0.1) is 0 Å². The first-order chi connectivity index (χ1) is 10.4. The molecule has 118 valence electrons. The number of aryl methyl sites for hydroxylation is 2. The quantitative estimate of drug-likeness (QED) is 0.825. The molecule has 0 aliphatic carbocycles. The second kappa shape index (κ2) is 6.60. The Balaban J connectivity index is 1.95. The van der Waals surface area contributed by atoms with Gasteiger partial charge in [-0.2, -0.15) is 0 Å². The highest BCUT2D eigenvalue weighted by atomic mass is 16.5. The minimum atomic E-state index is -0.927. The topological polar surface area (TPSA) is 84.5 Å². The fourth-order valence-corrected chi connectivity index (χ4v) is 2.34. The Labute approximate surface area is 129 Å². The number of para-hydroxylation sites is 1. The Kier molecular flexibility index (Phi) is 4.80. The molecule has 1 fully saturated rings. The van der Waals surface area contributed by atoms with Crippen LogP contribution in [0.1, 0.15) is 30.9 Å². The molecule has 1 heterocycles. The zero-order chi connectivity index (χ0) is 16.3. The van der Waals surface area contributed by atoms with Gasteiger partial charge in [0.1, 0.15) is 6.04 Å². The summed E-state index contributed by atoms with van der Waals surface area (Å²) in [5, 5.41) is 5.30. The van der Waals surface area contributed by atoms with E-state index in [0.29, 0.717) is 12.8 Å². The van der Waals surface area contributed by atoms with Gasteiger partial charge in [-0.25, -0.2) is 4.79 Å². The van der Waals surface area contributed by atoms with E-state index in [0.717, 1.165) is 16.8 Å². The number of carbonyl (C=O) groups excluding carboxylic acids is 3. The van der Waals surface area contributed by atoms with Crippen molar-refractivity contribution in [3.8, 4) is 0 Å². The summed E-state index contributed by atoms with van der Waals surface area (Å²) in [6.45, 7) is 5.30. The maximum absolute atomic E-state index is 12.2. The smallest absolute Gasteiger partial charge is 0.329 e. The van der Waals surface area contributed by atoms with E-state index in [1.165, 1.54) is 6.92 Å². The van der Waals surface area contributed by atoms with Gasteiger partial charge in [0.2, 0.25) is 5.91 Å². The van der Waals surface area contributed by atoms with Gasteiger partial charge in [0, 0.05) is 12.1 Å². The Morgan fingerprint density at radius 3 is 2.50 bits per heavy atom. The van der Waals surface area contributed by atoms with Crippen molar-refractivity contribution in [2.45, 2.75) is 45.8 Å². The molecule has 2 rings (SSSR count). The molecule has 2 atom stereocenters. The van der Waals surface area contributed by atoms with Gasteiger partial charge in [0.15, 0.2) is 6.10 Å². The number of esters is 1. The second-order valence-electron chi connectivity index (χ2n) is 5.49. The van der Waals surface area contributed by atoms with E-state index < -0.39 is 24.0 Å². The number of carbonyl (C=O) groups is 3.